The van der Waals surface area contributed by atoms with E-state index in [4.69, 9.17) is 22.1 Å². The van der Waals surface area contributed by atoms with Gasteiger partial charge in [-0.05, 0) is 24.5 Å². The number of para-hydroxylation sites is 1. The fourth-order valence-corrected chi connectivity index (χ4v) is 3.07. The second-order valence-electron chi connectivity index (χ2n) is 6.68. The molecule has 1 aromatic carbocycles. The van der Waals surface area contributed by atoms with Crippen molar-refractivity contribution in [2.75, 3.05) is 39.3 Å². The van der Waals surface area contributed by atoms with E-state index in [1.807, 2.05) is 29.2 Å². The first kappa shape index (κ1) is 25.3. The van der Waals surface area contributed by atoms with Crippen LogP contribution >= 0.6 is 36.4 Å². The average molecular weight is 427 g/mol. The molecule has 150 valence electrons. The largest absolute Gasteiger partial charge is 0.491 e. The zero-order chi connectivity index (χ0) is 17.5. The molecule has 1 heterocycles. The van der Waals surface area contributed by atoms with Crippen LogP contribution in [0.5, 0.6) is 5.75 Å². The SMILES string of the molecule is CC(C)C[C@H](N)C(=O)N1CCN(CCOc2ccccc2Cl)CC1.Cl.Cl. The van der Waals surface area contributed by atoms with Crippen LogP contribution < -0.4 is 10.5 Å². The van der Waals surface area contributed by atoms with Gasteiger partial charge in [-0.2, -0.15) is 0 Å². The number of halogens is 3. The third kappa shape index (κ3) is 7.89. The minimum absolute atomic E-state index is 0. The van der Waals surface area contributed by atoms with Crippen LogP contribution in [-0.2, 0) is 4.79 Å². The quantitative estimate of drug-likeness (QED) is 0.728. The van der Waals surface area contributed by atoms with Crippen molar-refractivity contribution in [3.63, 3.8) is 0 Å². The number of carbonyl (C=O) groups is 1. The van der Waals surface area contributed by atoms with E-state index in [-0.39, 0.29) is 36.8 Å². The second-order valence-corrected chi connectivity index (χ2v) is 7.09. The number of piperazine rings is 1. The van der Waals surface area contributed by atoms with Crippen molar-refractivity contribution >= 4 is 42.3 Å². The molecule has 0 spiro atoms. The molecule has 0 bridgehead atoms. The fourth-order valence-electron chi connectivity index (χ4n) is 2.88. The standard InChI is InChI=1S/C18H28ClN3O2.2ClH/c1-14(2)13-16(20)18(23)22-9-7-21(8-10-22)11-12-24-17-6-4-3-5-15(17)19;;/h3-6,14,16H,7-13,20H2,1-2H3;2*1H/t16-;;/m0../s1. The number of nitrogens with zero attached hydrogens (tertiary/aromatic N) is 2. The summed E-state index contributed by atoms with van der Waals surface area (Å²) in [6.07, 6.45) is 0.741. The molecule has 8 heteroatoms. The van der Waals surface area contributed by atoms with Gasteiger partial charge in [-0.15, -0.1) is 24.8 Å². The van der Waals surface area contributed by atoms with Crippen molar-refractivity contribution in [2.24, 2.45) is 11.7 Å². The molecule has 1 amide bonds. The van der Waals surface area contributed by atoms with Gasteiger partial charge in [0.1, 0.15) is 12.4 Å². The van der Waals surface area contributed by atoms with Gasteiger partial charge in [0, 0.05) is 32.7 Å². The zero-order valence-electron chi connectivity index (χ0n) is 15.4. The number of ether oxygens (including phenoxy) is 1. The summed E-state index contributed by atoms with van der Waals surface area (Å²) >= 11 is 6.07. The van der Waals surface area contributed by atoms with Crippen LogP contribution in [0.4, 0.5) is 0 Å². The van der Waals surface area contributed by atoms with Crippen LogP contribution in [0.1, 0.15) is 20.3 Å². The van der Waals surface area contributed by atoms with Gasteiger partial charge in [0.05, 0.1) is 11.1 Å². The zero-order valence-corrected chi connectivity index (χ0v) is 17.8. The number of nitrogens with two attached hydrogens (primary N) is 1. The van der Waals surface area contributed by atoms with E-state index >= 15 is 0 Å². The highest BCUT2D eigenvalue weighted by molar-refractivity contribution is 6.32. The van der Waals surface area contributed by atoms with E-state index in [0.29, 0.717) is 23.3 Å². The molecule has 26 heavy (non-hydrogen) atoms. The van der Waals surface area contributed by atoms with Gasteiger partial charge in [-0.3, -0.25) is 9.69 Å². The van der Waals surface area contributed by atoms with Crippen LogP contribution in [0, 0.1) is 5.92 Å². The number of hydrogen-bond acceptors (Lipinski definition) is 4. The molecule has 0 radical (unpaired) electrons. The second kappa shape index (κ2) is 12.6. The predicted octanol–water partition coefficient (Wildman–Crippen LogP) is 3.08. The Morgan fingerprint density at radius 1 is 1.19 bits per heavy atom. The smallest absolute Gasteiger partial charge is 0.239 e. The lowest BCUT2D eigenvalue weighted by molar-refractivity contribution is -0.134. The van der Waals surface area contributed by atoms with E-state index in [1.54, 1.807) is 0 Å². The molecule has 5 nitrogen and oxygen atoms in total. The van der Waals surface area contributed by atoms with Crippen LogP contribution in [0.3, 0.4) is 0 Å². The molecular formula is C18H30Cl3N3O2. The summed E-state index contributed by atoms with van der Waals surface area (Å²) in [5, 5.41) is 0.632. The first-order valence-corrected chi connectivity index (χ1v) is 8.99. The Hall–Kier alpha value is -0.720. The lowest BCUT2D eigenvalue weighted by atomic mass is 10.0. The average Bonchev–Trinajstić information content (AvgIpc) is 2.56. The monoisotopic (exact) mass is 425 g/mol. The molecule has 1 aliphatic heterocycles. The topological polar surface area (TPSA) is 58.8 Å². The Balaban J connectivity index is 0.00000312. The molecule has 1 fully saturated rings. The van der Waals surface area contributed by atoms with Gasteiger partial charge in [-0.25, -0.2) is 0 Å². The Morgan fingerprint density at radius 3 is 2.38 bits per heavy atom. The molecule has 2 rings (SSSR count). The van der Waals surface area contributed by atoms with Crippen LogP contribution in [0.2, 0.25) is 5.02 Å². The minimum atomic E-state index is -0.375. The van der Waals surface area contributed by atoms with Gasteiger partial charge in [0.15, 0.2) is 0 Å². The van der Waals surface area contributed by atoms with E-state index < -0.39 is 0 Å². The molecule has 0 saturated carbocycles. The lowest BCUT2D eigenvalue weighted by Crippen LogP contribution is -2.53. The highest BCUT2D eigenvalue weighted by Crippen LogP contribution is 2.22. The van der Waals surface area contributed by atoms with E-state index in [2.05, 4.69) is 18.7 Å². The number of benzene rings is 1. The highest BCUT2D eigenvalue weighted by Gasteiger charge is 2.25. The lowest BCUT2D eigenvalue weighted by Gasteiger charge is -2.36. The van der Waals surface area contributed by atoms with Gasteiger partial charge in [0.2, 0.25) is 5.91 Å². The molecule has 0 aliphatic carbocycles. The Kier molecular flexibility index (Phi) is 12.3. The van der Waals surface area contributed by atoms with Crippen LogP contribution in [0.25, 0.3) is 0 Å². The highest BCUT2D eigenvalue weighted by atomic mass is 35.5. The van der Waals surface area contributed by atoms with Crippen LogP contribution in [0.15, 0.2) is 24.3 Å². The summed E-state index contributed by atoms with van der Waals surface area (Å²) in [6.45, 7) is 8.76. The summed E-state index contributed by atoms with van der Waals surface area (Å²) in [6, 6.07) is 7.11. The van der Waals surface area contributed by atoms with Gasteiger partial charge < -0.3 is 15.4 Å². The molecule has 2 N–H and O–H groups in total. The molecule has 1 atom stereocenters. The van der Waals surface area contributed by atoms with Crippen molar-refractivity contribution < 1.29 is 9.53 Å². The summed E-state index contributed by atoms with van der Waals surface area (Å²) in [5.74, 6) is 1.23. The molecule has 0 aromatic heterocycles. The van der Waals surface area contributed by atoms with Gasteiger partial charge >= 0.3 is 0 Å². The normalized spacial score (nSPS) is 15.8. The van der Waals surface area contributed by atoms with Crippen molar-refractivity contribution in [1.82, 2.24) is 9.80 Å². The maximum absolute atomic E-state index is 12.3. The van der Waals surface area contributed by atoms with E-state index in [1.165, 1.54) is 0 Å². The van der Waals surface area contributed by atoms with E-state index in [0.717, 1.165) is 39.1 Å². The van der Waals surface area contributed by atoms with Crippen molar-refractivity contribution in [3.05, 3.63) is 29.3 Å². The Morgan fingerprint density at radius 2 is 1.81 bits per heavy atom. The fraction of sp³-hybridized carbons (Fsp3) is 0.611. The minimum Gasteiger partial charge on any atom is -0.491 e. The summed E-state index contributed by atoms with van der Waals surface area (Å²) in [4.78, 5) is 16.5. The van der Waals surface area contributed by atoms with Crippen LogP contribution in [-0.4, -0.2) is 61.1 Å². The predicted molar refractivity (Wildman–Crippen MR) is 112 cm³/mol. The molecule has 0 unspecified atom stereocenters. The number of rotatable bonds is 7. The molecule has 1 saturated heterocycles. The maximum atomic E-state index is 12.3. The Labute approximate surface area is 174 Å². The number of hydrogen-bond donors (Lipinski definition) is 1. The first-order chi connectivity index (χ1) is 11.5. The maximum Gasteiger partial charge on any atom is 0.239 e. The molecule has 1 aliphatic rings. The third-order valence-electron chi connectivity index (χ3n) is 4.23. The summed E-state index contributed by atoms with van der Waals surface area (Å²) < 4.78 is 5.72. The van der Waals surface area contributed by atoms with Crippen molar-refractivity contribution in [2.45, 2.75) is 26.3 Å². The Bertz CT molecular complexity index is 538. The number of amides is 1. The molecule has 1 aromatic rings. The number of carbonyl (C=O) groups excluding carboxylic acids is 1. The van der Waals surface area contributed by atoms with Gasteiger partial charge in [-0.1, -0.05) is 37.6 Å². The summed E-state index contributed by atoms with van der Waals surface area (Å²) in [5.41, 5.74) is 6.01. The van der Waals surface area contributed by atoms with Gasteiger partial charge in [0.25, 0.3) is 0 Å². The van der Waals surface area contributed by atoms with Crippen molar-refractivity contribution in [1.29, 1.82) is 0 Å². The summed E-state index contributed by atoms with van der Waals surface area (Å²) in [7, 11) is 0. The third-order valence-corrected chi connectivity index (χ3v) is 4.54. The molecular weight excluding hydrogens is 397 g/mol. The van der Waals surface area contributed by atoms with E-state index in [9.17, 15) is 4.79 Å². The van der Waals surface area contributed by atoms with Crippen molar-refractivity contribution in [3.8, 4) is 5.75 Å². The first-order valence-electron chi connectivity index (χ1n) is 8.61.